The lowest BCUT2D eigenvalue weighted by atomic mass is 9.93. The number of Topliss-reactive ketones (excluding diaryl/α,β-unsaturated/α-hetero) is 1. The number of ether oxygens (including phenoxy) is 1. The van der Waals surface area contributed by atoms with E-state index in [1.54, 1.807) is 11.8 Å². The minimum atomic E-state index is 0.125. The van der Waals surface area contributed by atoms with Gasteiger partial charge in [-0.25, -0.2) is 0 Å². The summed E-state index contributed by atoms with van der Waals surface area (Å²) in [6, 6.07) is 0. The van der Waals surface area contributed by atoms with Crippen LogP contribution in [0.3, 0.4) is 0 Å². The van der Waals surface area contributed by atoms with Crippen molar-refractivity contribution in [1.82, 2.24) is 0 Å². The highest BCUT2D eigenvalue weighted by Gasteiger charge is 2.39. The number of ketones is 1. The Morgan fingerprint density at radius 1 is 1.80 bits per heavy atom. The molecule has 0 spiro atoms. The van der Waals surface area contributed by atoms with Crippen LogP contribution in [0, 0.1) is 0 Å². The fourth-order valence-electron chi connectivity index (χ4n) is 1.11. The standard InChI is InChI=1S/C7H12O2S/c1-3-9-6-4-5(8)7(6)10-2/h6-7H,3-4H2,1-2H3/t6-,7+/m0/s1. The Morgan fingerprint density at radius 3 is 2.90 bits per heavy atom. The van der Waals surface area contributed by atoms with Crippen LogP contribution in [-0.4, -0.2) is 30.0 Å². The molecule has 0 N–H and O–H groups in total. The van der Waals surface area contributed by atoms with Gasteiger partial charge in [-0.2, -0.15) is 11.8 Å². The van der Waals surface area contributed by atoms with Crippen LogP contribution < -0.4 is 0 Å². The van der Waals surface area contributed by atoms with Crippen molar-refractivity contribution >= 4 is 17.5 Å². The molecule has 1 rings (SSSR count). The minimum absolute atomic E-state index is 0.125. The Kier molecular flexibility index (Phi) is 2.74. The van der Waals surface area contributed by atoms with Crippen molar-refractivity contribution in [2.75, 3.05) is 12.9 Å². The first kappa shape index (κ1) is 8.08. The van der Waals surface area contributed by atoms with Gasteiger partial charge in [-0.3, -0.25) is 4.79 Å². The van der Waals surface area contributed by atoms with E-state index in [9.17, 15) is 4.79 Å². The first-order valence-corrected chi connectivity index (χ1v) is 4.75. The molecule has 0 heterocycles. The normalized spacial score (nSPS) is 32.0. The molecule has 0 aliphatic heterocycles. The third kappa shape index (κ3) is 1.35. The fraction of sp³-hybridized carbons (Fsp3) is 0.857. The molecule has 1 aliphatic carbocycles. The van der Waals surface area contributed by atoms with Crippen molar-refractivity contribution in [3.05, 3.63) is 0 Å². The average molecular weight is 160 g/mol. The zero-order valence-corrected chi connectivity index (χ0v) is 7.11. The van der Waals surface area contributed by atoms with E-state index >= 15 is 0 Å². The van der Waals surface area contributed by atoms with Gasteiger partial charge in [0.1, 0.15) is 0 Å². The summed E-state index contributed by atoms with van der Waals surface area (Å²) in [5.41, 5.74) is 0. The third-order valence-corrected chi connectivity index (χ3v) is 2.77. The molecule has 0 aromatic heterocycles. The molecule has 0 aromatic rings. The highest BCUT2D eigenvalue weighted by Crippen LogP contribution is 2.29. The number of rotatable bonds is 3. The van der Waals surface area contributed by atoms with Crippen molar-refractivity contribution in [2.45, 2.75) is 24.7 Å². The molecule has 1 fully saturated rings. The predicted molar refractivity (Wildman–Crippen MR) is 42.3 cm³/mol. The van der Waals surface area contributed by atoms with E-state index in [-0.39, 0.29) is 11.4 Å². The van der Waals surface area contributed by atoms with Gasteiger partial charge < -0.3 is 4.74 Å². The third-order valence-electron chi connectivity index (χ3n) is 1.69. The maximum absolute atomic E-state index is 10.8. The van der Waals surface area contributed by atoms with Crippen molar-refractivity contribution in [3.8, 4) is 0 Å². The average Bonchev–Trinajstić information content (AvgIpc) is 1.88. The van der Waals surface area contributed by atoms with Crippen LogP contribution in [0.1, 0.15) is 13.3 Å². The highest BCUT2D eigenvalue weighted by molar-refractivity contribution is 8.00. The van der Waals surface area contributed by atoms with Crippen LogP contribution in [0.25, 0.3) is 0 Å². The van der Waals surface area contributed by atoms with Crippen molar-refractivity contribution in [2.24, 2.45) is 0 Å². The van der Waals surface area contributed by atoms with Crippen LogP contribution in [0.5, 0.6) is 0 Å². The van der Waals surface area contributed by atoms with Crippen LogP contribution in [0.2, 0.25) is 0 Å². The number of hydrogen-bond acceptors (Lipinski definition) is 3. The van der Waals surface area contributed by atoms with E-state index < -0.39 is 0 Å². The van der Waals surface area contributed by atoms with Gasteiger partial charge in [-0.1, -0.05) is 0 Å². The molecular formula is C7H12O2S. The molecule has 2 nitrogen and oxygen atoms in total. The van der Waals surface area contributed by atoms with Gasteiger partial charge in [0, 0.05) is 13.0 Å². The van der Waals surface area contributed by atoms with Crippen molar-refractivity contribution < 1.29 is 9.53 Å². The molecule has 0 amide bonds. The number of thioether (sulfide) groups is 1. The zero-order valence-electron chi connectivity index (χ0n) is 6.29. The second-order valence-corrected chi connectivity index (χ2v) is 3.30. The Balaban J connectivity index is 2.30. The van der Waals surface area contributed by atoms with Crippen molar-refractivity contribution in [3.63, 3.8) is 0 Å². The predicted octanol–water partition coefficient (Wildman–Crippen LogP) is 1.10. The van der Waals surface area contributed by atoms with Gasteiger partial charge in [-0.05, 0) is 13.2 Å². The van der Waals surface area contributed by atoms with Gasteiger partial charge in [-0.15, -0.1) is 0 Å². The second kappa shape index (κ2) is 3.39. The molecule has 2 atom stereocenters. The van der Waals surface area contributed by atoms with Crippen molar-refractivity contribution in [1.29, 1.82) is 0 Å². The fourth-order valence-corrected chi connectivity index (χ4v) is 1.95. The lowest BCUT2D eigenvalue weighted by Gasteiger charge is -2.32. The summed E-state index contributed by atoms with van der Waals surface area (Å²) >= 11 is 1.59. The molecule has 1 saturated carbocycles. The van der Waals surface area contributed by atoms with E-state index in [1.165, 1.54) is 0 Å². The van der Waals surface area contributed by atoms with Crippen LogP contribution in [0.4, 0.5) is 0 Å². The van der Waals surface area contributed by atoms with Gasteiger partial charge >= 0.3 is 0 Å². The van der Waals surface area contributed by atoms with Crippen LogP contribution in [0.15, 0.2) is 0 Å². The van der Waals surface area contributed by atoms with Gasteiger partial charge in [0.2, 0.25) is 0 Å². The van der Waals surface area contributed by atoms with E-state index in [4.69, 9.17) is 4.74 Å². The van der Waals surface area contributed by atoms with E-state index in [2.05, 4.69) is 0 Å². The molecule has 0 unspecified atom stereocenters. The van der Waals surface area contributed by atoms with Gasteiger partial charge in [0.05, 0.1) is 11.4 Å². The summed E-state index contributed by atoms with van der Waals surface area (Å²) in [4.78, 5) is 10.8. The monoisotopic (exact) mass is 160 g/mol. The first-order chi connectivity index (χ1) is 4.79. The lowest BCUT2D eigenvalue weighted by molar-refractivity contribution is -0.132. The molecule has 0 bridgehead atoms. The topological polar surface area (TPSA) is 26.3 Å². The molecule has 10 heavy (non-hydrogen) atoms. The van der Waals surface area contributed by atoms with Gasteiger partial charge in [0.15, 0.2) is 5.78 Å². The number of carbonyl (C=O) groups excluding carboxylic acids is 1. The summed E-state index contributed by atoms with van der Waals surface area (Å²) < 4.78 is 5.31. The molecule has 0 radical (unpaired) electrons. The molecule has 0 saturated heterocycles. The molecule has 3 heteroatoms. The second-order valence-electron chi connectivity index (χ2n) is 2.32. The quantitative estimate of drug-likeness (QED) is 0.618. The molecular weight excluding hydrogens is 148 g/mol. The summed E-state index contributed by atoms with van der Waals surface area (Å²) in [7, 11) is 0. The SMILES string of the molecule is CCO[C@H]1CC(=O)[C@H]1SC. The molecule has 1 aliphatic rings. The zero-order chi connectivity index (χ0) is 7.56. The molecule has 58 valence electrons. The van der Waals surface area contributed by atoms with Gasteiger partial charge in [0.25, 0.3) is 0 Å². The van der Waals surface area contributed by atoms with E-state index in [0.29, 0.717) is 12.2 Å². The first-order valence-electron chi connectivity index (χ1n) is 3.46. The Morgan fingerprint density at radius 2 is 2.50 bits per heavy atom. The number of hydrogen-bond donors (Lipinski definition) is 0. The van der Waals surface area contributed by atoms with E-state index in [0.717, 1.165) is 6.61 Å². The maximum Gasteiger partial charge on any atom is 0.151 e. The molecule has 0 aromatic carbocycles. The summed E-state index contributed by atoms with van der Waals surface area (Å²) in [5, 5.41) is 0.125. The minimum Gasteiger partial charge on any atom is -0.376 e. The van der Waals surface area contributed by atoms with E-state index in [1.807, 2.05) is 13.2 Å². The summed E-state index contributed by atoms with van der Waals surface area (Å²) in [5.74, 6) is 0.339. The largest absolute Gasteiger partial charge is 0.376 e. The Bertz CT molecular complexity index is 136. The maximum atomic E-state index is 10.8. The Labute approximate surface area is 65.3 Å². The highest BCUT2D eigenvalue weighted by atomic mass is 32.2. The number of carbonyl (C=O) groups is 1. The Hall–Kier alpha value is -0.0200. The summed E-state index contributed by atoms with van der Waals surface area (Å²) in [6.07, 6.45) is 2.78. The lowest BCUT2D eigenvalue weighted by Crippen LogP contribution is -2.46. The summed E-state index contributed by atoms with van der Waals surface area (Å²) in [6.45, 7) is 2.68. The van der Waals surface area contributed by atoms with Crippen LogP contribution in [-0.2, 0) is 9.53 Å². The van der Waals surface area contributed by atoms with Crippen LogP contribution >= 0.6 is 11.8 Å². The smallest absolute Gasteiger partial charge is 0.151 e.